The largest absolute Gasteiger partial charge is 0.622 e. The molecule has 0 spiro atoms. The smallest absolute Gasteiger partial charge is 0.186 e. The maximum atomic E-state index is 10.9. The molecular weight excluding hydrogens is 90.1 g/mol. The molecule has 0 saturated carbocycles. The highest BCUT2D eigenvalue weighted by molar-refractivity contribution is 5.48. The SMILES string of the molecule is [O-][N+]12CCC3C1=C32. The fourth-order valence-electron chi connectivity index (χ4n) is 1.81. The first kappa shape index (κ1) is 2.84. The first-order chi connectivity index (χ1) is 3.34. The summed E-state index contributed by atoms with van der Waals surface area (Å²) >= 11 is 0. The van der Waals surface area contributed by atoms with E-state index in [1.54, 1.807) is 0 Å². The van der Waals surface area contributed by atoms with Crippen LogP contribution in [0.5, 0.6) is 0 Å². The van der Waals surface area contributed by atoms with Gasteiger partial charge >= 0.3 is 0 Å². The van der Waals surface area contributed by atoms with Crippen LogP contribution in [0.2, 0.25) is 0 Å². The molecule has 0 aromatic carbocycles. The van der Waals surface area contributed by atoms with Crippen molar-refractivity contribution in [2.75, 3.05) is 6.54 Å². The fraction of sp³-hybridized carbons (Fsp3) is 0.600. The van der Waals surface area contributed by atoms with E-state index in [0.29, 0.717) is 0 Å². The zero-order valence-electron chi connectivity index (χ0n) is 3.85. The summed E-state index contributed by atoms with van der Waals surface area (Å²) in [6, 6.07) is 0. The van der Waals surface area contributed by atoms with Crippen LogP contribution in [0.1, 0.15) is 6.42 Å². The van der Waals surface area contributed by atoms with E-state index in [4.69, 9.17) is 0 Å². The van der Waals surface area contributed by atoms with Gasteiger partial charge in [0.05, 0.1) is 6.54 Å². The summed E-state index contributed by atoms with van der Waals surface area (Å²) in [6.07, 6.45) is 1.16. The standard InChI is InChI=1S/C5H5NO/c7-6-2-1-3-4(6)5(3)6/h3H,1-2H2. The highest BCUT2D eigenvalue weighted by Crippen LogP contribution is 2.73. The van der Waals surface area contributed by atoms with E-state index in [1.165, 1.54) is 11.4 Å². The highest BCUT2D eigenvalue weighted by Gasteiger charge is 2.78. The molecule has 4 rings (SSSR count). The van der Waals surface area contributed by atoms with Crippen LogP contribution in [-0.4, -0.2) is 11.2 Å². The molecule has 0 atom stereocenters. The molecule has 36 valence electrons. The van der Waals surface area contributed by atoms with Gasteiger partial charge < -0.3 is 5.21 Å². The van der Waals surface area contributed by atoms with Crippen molar-refractivity contribution < 1.29 is 4.65 Å². The molecule has 0 aromatic rings. The quantitative estimate of drug-likeness (QED) is 0.318. The summed E-state index contributed by atoms with van der Waals surface area (Å²) in [4.78, 5) is 0. The van der Waals surface area contributed by atoms with Crippen molar-refractivity contribution in [1.82, 2.24) is 0 Å². The Hall–Kier alpha value is -0.340. The van der Waals surface area contributed by atoms with Crippen LogP contribution < -0.4 is 0 Å². The predicted molar refractivity (Wildman–Crippen MR) is 23.6 cm³/mol. The molecule has 2 saturated heterocycles. The summed E-state index contributed by atoms with van der Waals surface area (Å²) in [5.74, 6) is 0.734. The van der Waals surface area contributed by atoms with Gasteiger partial charge in [-0.3, -0.25) is 4.65 Å². The van der Waals surface area contributed by atoms with Gasteiger partial charge in [0, 0.05) is 6.42 Å². The minimum Gasteiger partial charge on any atom is -0.622 e. The Bertz CT molecular complexity index is 180. The lowest BCUT2D eigenvalue weighted by atomic mass is 10.3. The molecule has 1 aliphatic carbocycles. The zero-order valence-corrected chi connectivity index (χ0v) is 3.85. The number of nitrogens with zero attached hydrogens (tertiary/aromatic N) is 1. The van der Waals surface area contributed by atoms with E-state index in [9.17, 15) is 5.21 Å². The number of rotatable bonds is 0. The number of hydrogen-bond donors (Lipinski definition) is 0. The average molecular weight is 95.1 g/mol. The molecule has 0 radical (unpaired) electrons. The fourth-order valence-corrected chi connectivity index (χ4v) is 1.81. The van der Waals surface area contributed by atoms with Crippen molar-refractivity contribution in [3.63, 3.8) is 0 Å². The number of fused-ring (bicyclic) bond motifs is 1. The monoisotopic (exact) mass is 95.0 g/mol. The first-order valence-electron chi connectivity index (χ1n) is 2.68. The van der Waals surface area contributed by atoms with Crippen molar-refractivity contribution >= 4 is 0 Å². The van der Waals surface area contributed by atoms with Crippen LogP contribution in [0.15, 0.2) is 11.4 Å². The van der Waals surface area contributed by atoms with Gasteiger partial charge in [-0.15, -0.1) is 0 Å². The topological polar surface area (TPSA) is 23.1 Å². The second-order valence-electron chi connectivity index (χ2n) is 2.58. The van der Waals surface area contributed by atoms with Crippen LogP contribution in [0, 0.1) is 11.1 Å². The lowest BCUT2D eigenvalue weighted by Crippen LogP contribution is -2.21. The van der Waals surface area contributed by atoms with Gasteiger partial charge in [-0.1, -0.05) is 0 Å². The van der Waals surface area contributed by atoms with Crippen LogP contribution in [0.3, 0.4) is 0 Å². The number of quaternary nitrogens is 1. The molecule has 0 aromatic heterocycles. The molecule has 7 heavy (non-hydrogen) atoms. The number of hydroxylamine groups is 3. The van der Waals surface area contributed by atoms with Gasteiger partial charge in [-0.25, -0.2) is 0 Å². The Kier molecular flexibility index (Phi) is 0.180. The van der Waals surface area contributed by atoms with Crippen LogP contribution >= 0.6 is 0 Å². The molecule has 2 bridgehead atoms. The van der Waals surface area contributed by atoms with E-state index in [1.807, 2.05) is 0 Å². The lowest BCUT2D eigenvalue weighted by Gasteiger charge is -2.23. The summed E-state index contributed by atoms with van der Waals surface area (Å²) in [6.45, 7) is 0.870. The molecule has 0 unspecified atom stereocenters. The third-order valence-electron chi connectivity index (χ3n) is 2.30. The maximum Gasteiger partial charge on any atom is 0.186 e. The normalized spacial score (nSPS) is 60.4. The van der Waals surface area contributed by atoms with E-state index < -0.39 is 0 Å². The molecule has 2 nitrogen and oxygen atoms in total. The van der Waals surface area contributed by atoms with Gasteiger partial charge in [-0.2, -0.15) is 0 Å². The van der Waals surface area contributed by atoms with Crippen molar-refractivity contribution in [2.24, 2.45) is 5.92 Å². The summed E-state index contributed by atoms with van der Waals surface area (Å²) in [5.41, 5.74) is 2.47. The predicted octanol–water partition coefficient (Wildman–Crippen LogP) is 0.560. The molecule has 2 heteroatoms. The van der Waals surface area contributed by atoms with E-state index >= 15 is 0 Å². The van der Waals surface area contributed by atoms with Crippen LogP contribution in [-0.2, 0) is 0 Å². The Balaban J connectivity index is 2.20. The third-order valence-corrected chi connectivity index (χ3v) is 2.30. The number of hydrogen-bond acceptors (Lipinski definition) is 1. The first-order valence-corrected chi connectivity index (χ1v) is 2.68. The van der Waals surface area contributed by atoms with Crippen molar-refractivity contribution in [2.45, 2.75) is 6.42 Å². The highest BCUT2D eigenvalue weighted by atomic mass is 16.6. The van der Waals surface area contributed by atoms with Gasteiger partial charge in [0.25, 0.3) is 0 Å². The zero-order chi connectivity index (χ0) is 4.65. The van der Waals surface area contributed by atoms with Crippen molar-refractivity contribution in [3.8, 4) is 0 Å². The molecule has 3 heterocycles. The van der Waals surface area contributed by atoms with E-state index in [-0.39, 0.29) is 4.65 Å². The minimum atomic E-state index is 0.0602. The third kappa shape index (κ3) is 0.115. The Morgan fingerprint density at radius 3 is 2.43 bits per heavy atom. The van der Waals surface area contributed by atoms with Crippen LogP contribution in [0.4, 0.5) is 0 Å². The average Bonchev–Trinajstić information content (AvgIpc) is 2.42. The minimum absolute atomic E-state index is 0.0602. The van der Waals surface area contributed by atoms with Gasteiger partial charge in [0.15, 0.2) is 11.4 Å². The van der Waals surface area contributed by atoms with Crippen molar-refractivity contribution in [3.05, 3.63) is 16.6 Å². The molecule has 0 amide bonds. The summed E-state index contributed by atoms with van der Waals surface area (Å²) in [5, 5.41) is 10.9. The summed E-state index contributed by atoms with van der Waals surface area (Å²) in [7, 11) is 0. The van der Waals surface area contributed by atoms with Gasteiger partial charge in [0.1, 0.15) is 5.92 Å². The summed E-state index contributed by atoms with van der Waals surface area (Å²) < 4.78 is 0.0602. The Morgan fingerprint density at radius 1 is 1.57 bits per heavy atom. The maximum absolute atomic E-state index is 10.9. The van der Waals surface area contributed by atoms with E-state index in [0.717, 1.165) is 18.9 Å². The Morgan fingerprint density at radius 2 is 2.29 bits per heavy atom. The lowest BCUT2D eigenvalue weighted by molar-refractivity contribution is -0.739. The molecule has 4 aliphatic rings. The Labute approximate surface area is 41.2 Å². The van der Waals surface area contributed by atoms with Gasteiger partial charge in [-0.05, 0) is 0 Å². The van der Waals surface area contributed by atoms with Crippen molar-refractivity contribution in [1.29, 1.82) is 0 Å². The second-order valence-corrected chi connectivity index (χ2v) is 2.58. The second kappa shape index (κ2) is 0.443. The molecule has 0 N–H and O–H groups in total. The molecular formula is C5H5NO. The van der Waals surface area contributed by atoms with E-state index in [2.05, 4.69) is 0 Å². The molecule has 3 aliphatic heterocycles. The molecule has 2 fully saturated rings. The number of allylic oxidation sites excluding steroid dienone is 2. The van der Waals surface area contributed by atoms with Crippen LogP contribution in [0.25, 0.3) is 0 Å². The van der Waals surface area contributed by atoms with Gasteiger partial charge in [0.2, 0.25) is 0 Å².